The number of morpholine rings is 1. The fourth-order valence-corrected chi connectivity index (χ4v) is 13.9. The van der Waals surface area contributed by atoms with Crippen LogP contribution in [0.25, 0.3) is 10.8 Å². The Hall–Kier alpha value is -7.98. The third kappa shape index (κ3) is 11.0. The maximum Gasteiger partial charge on any atom is 0.318 e. The number of halogens is 2. The summed E-state index contributed by atoms with van der Waals surface area (Å²) in [5.74, 6) is 1.01. The second-order valence-corrected chi connectivity index (χ2v) is 23.4. The van der Waals surface area contributed by atoms with Gasteiger partial charge in [-0.05, 0) is 94.0 Å². The van der Waals surface area contributed by atoms with Crippen molar-refractivity contribution >= 4 is 45.6 Å². The number of likely N-dealkylation sites (tertiary alicyclic amines) is 1. The first-order valence-electron chi connectivity index (χ1n) is 29.4. The summed E-state index contributed by atoms with van der Waals surface area (Å²) in [6.07, 6.45) is 3.88. The van der Waals surface area contributed by atoms with E-state index in [2.05, 4.69) is 100 Å². The van der Waals surface area contributed by atoms with Crippen molar-refractivity contribution in [1.29, 1.82) is 10.5 Å². The number of ether oxygens (including phenoxy) is 3. The van der Waals surface area contributed by atoms with Crippen LogP contribution in [-0.4, -0.2) is 180 Å². The Morgan fingerprint density at radius 3 is 1.92 bits per heavy atom. The second kappa shape index (κ2) is 23.9. The highest BCUT2D eigenvalue weighted by Crippen LogP contribution is 2.57. The number of fused-ring (bicyclic) bond motifs is 3. The lowest BCUT2D eigenvalue weighted by atomic mass is 9.98. The van der Waals surface area contributed by atoms with Gasteiger partial charge in [-0.2, -0.15) is 30.5 Å². The Balaban J connectivity index is 0.742. The molecular formula is C63H72F2N14O5. The zero-order valence-electron chi connectivity index (χ0n) is 47.9. The van der Waals surface area contributed by atoms with Crippen LogP contribution in [0, 0.1) is 22.7 Å². The Kier molecular flexibility index (Phi) is 16.1. The standard InChI is InChI=1S/C63H72F2N14O5/c1-5-56(80)78-29-27-76(33-43(78)18-22-66)59-49-21-26-75(37-53(49)68-61(70-59)82-38-45-13-10-24-72(45)3)55-17-16-42(31-50(55)58(64)65)51-32-63(51)40-84-46(35-73(63)4)39-83-62-69-52-36-74(54-15-9-12-41-11-7-8-14-47(41)54)25-20-48(52)60(71-62)77-28-30-79(57(81)6-2)44(34-77)19-23-67/h5-9,11-12,14-17,31,43-46,51,58H,1-2,10,13,18-21,24-30,32-40H2,3-4H3/t43?,44-,45-,46+,51?,63?/m0/s1. The monoisotopic (exact) mass is 1140 g/mol. The van der Waals surface area contributed by atoms with E-state index in [9.17, 15) is 20.1 Å². The van der Waals surface area contributed by atoms with Crippen LogP contribution in [0.4, 0.5) is 31.8 Å². The van der Waals surface area contributed by atoms with E-state index in [4.69, 9.17) is 34.1 Å². The summed E-state index contributed by atoms with van der Waals surface area (Å²) in [5.41, 5.74) is 5.54. The predicted octanol–water partition coefficient (Wildman–Crippen LogP) is 6.83. The van der Waals surface area contributed by atoms with Crippen LogP contribution in [0.2, 0.25) is 0 Å². The van der Waals surface area contributed by atoms with Crippen LogP contribution < -0.4 is 29.1 Å². The average Bonchev–Trinajstić information content (AvgIpc) is 1.79. The number of amides is 2. The minimum absolute atomic E-state index is 0.0256. The molecule has 0 N–H and O–H groups in total. The van der Waals surface area contributed by atoms with Crippen molar-refractivity contribution in [1.82, 2.24) is 39.5 Å². The van der Waals surface area contributed by atoms with Crippen molar-refractivity contribution in [2.75, 3.05) is 119 Å². The molecule has 6 atom stereocenters. The van der Waals surface area contributed by atoms with Gasteiger partial charge in [0.15, 0.2) is 0 Å². The summed E-state index contributed by atoms with van der Waals surface area (Å²) in [5, 5.41) is 21.9. The smallest absolute Gasteiger partial charge is 0.318 e. The van der Waals surface area contributed by atoms with E-state index in [1.54, 1.807) is 15.9 Å². The van der Waals surface area contributed by atoms with Crippen molar-refractivity contribution in [3.8, 4) is 24.2 Å². The van der Waals surface area contributed by atoms with Gasteiger partial charge in [0.25, 0.3) is 6.43 Å². The third-order valence-electron chi connectivity index (χ3n) is 18.6. The molecule has 7 aliphatic rings. The first kappa shape index (κ1) is 56.5. The van der Waals surface area contributed by atoms with Crippen molar-refractivity contribution in [2.45, 2.75) is 100 Å². The Bertz CT molecular complexity index is 3420. The van der Waals surface area contributed by atoms with Crippen LogP contribution in [0.1, 0.15) is 78.1 Å². The molecule has 2 aromatic heterocycles. The molecule has 5 fully saturated rings. The number of rotatable bonds is 16. The molecule has 12 rings (SSSR count). The molecule has 0 bridgehead atoms. The van der Waals surface area contributed by atoms with Crippen LogP contribution >= 0.6 is 0 Å². The summed E-state index contributed by atoms with van der Waals surface area (Å²) in [6.45, 7) is 14.5. The third-order valence-corrected chi connectivity index (χ3v) is 18.6. The van der Waals surface area contributed by atoms with E-state index in [1.165, 1.54) is 12.2 Å². The normalized spacial score (nSPS) is 24.4. The number of nitriles is 2. The molecule has 3 aromatic carbocycles. The van der Waals surface area contributed by atoms with Gasteiger partial charge in [0, 0.05) is 104 Å². The molecule has 438 valence electrons. The van der Waals surface area contributed by atoms with E-state index in [-0.39, 0.29) is 91.1 Å². The molecule has 2 amide bonds. The number of benzene rings is 3. The first-order valence-corrected chi connectivity index (χ1v) is 29.4. The number of nitrogens with zero attached hydrogens (tertiary/aromatic N) is 14. The molecule has 1 aliphatic carbocycles. The van der Waals surface area contributed by atoms with Crippen molar-refractivity contribution in [3.05, 3.63) is 120 Å². The Morgan fingerprint density at radius 1 is 0.726 bits per heavy atom. The van der Waals surface area contributed by atoms with E-state index in [0.29, 0.717) is 102 Å². The molecule has 21 heteroatoms. The van der Waals surface area contributed by atoms with Gasteiger partial charge in [-0.15, -0.1) is 0 Å². The van der Waals surface area contributed by atoms with Gasteiger partial charge in [-0.1, -0.05) is 55.6 Å². The van der Waals surface area contributed by atoms with Gasteiger partial charge >= 0.3 is 12.0 Å². The van der Waals surface area contributed by atoms with Crippen molar-refractivity contribution < 1.29 is 32.6 Å². The van der Waals surface area contributed by atoms with Crippen LogP contribution in [0.5, 0.6) is 12.0 Å². The maximum atomic E-state index is 15.4. The highest BCUT2D eigenvalue weighted by Gasteiger charge is 2.60. The summed E-state index contributed by atoms with van der Waals surface area (Å²) >= 11 is 0. The summed E-state index contributed by atoms with van der Waals surface area (Å²) < 4.78 is 50.4. The largest absolute Gasteiger partial charge is 0.462 e. The van der Waals surface area contributed by atoms with Gasteiger partial charge in [0.1, 0.15) is 31.0 Å². The topological polar surface area (TPSA) is 187 Å². The number of carbonyl (C=O) groups excluding carboxylic acids is 2. The fourth-order valence-electron chi connectivity index (χ4n) is 13.9. The number of aromatic nitrogens is 4. The molecule has 84 heavy (non-hydrogen) atoms. The number of likely N-dealkylation sites (N-methyl/N-ethyl adjacent to an activating group) is 2. The minimum Gasteiger partial charge on any atom is -0.462 e. The molecule has 1 spiro atoms. The van der Waals surface area contributed by atoms with Gasteiger partial charge in [0.2, 0.25) is 11.8 Å². The number of piperazine rings is 2. The summed E-state index contributed by atoms with van der Waals surface area (Å²) in [4.78, 5) is 62.4. The van der Waals surface area contributed by atoms with Crippen LogP contribution in [0.15, 0.2) is 86.0 Å². The lowest BCUT2D eigenvalue weighted by Crippen LogP contribution is -2.55. The zero-order valence-corrected chi connectivity index (χ0v) is 47.9. The van der Waals surface area contributed by atoms with Crippen LogP contribution in [0.3, 0.4) is 0 Å². The van der Waals surface area contributed by atoms with E-state index in [0.717, 1.165) is 77.0 Å². The van der Waals surface area contributed by atoms with Crippen LogP contribution in [-0.2, 0) is 40.3 Å². The molecule has 1 saturated carbocycles. The number of carbonyl (C=O) groups is 2. The lowest BCUT2D eigenvalue weighted by Gasteiger charge is -2.42. The highest BCUT2D eigenvalue weighted by atomic mass is 19.3. The number of alkyl halides is 2. The molecule has 6 aliphatic heterocycles. The zero-order chi connectivity index (χ0) is 58.2. The summed E-state index contributed by atoms with van der Waals surface area (Å²) in [6, 6.07) is 24.7. The SMILES string of the molecule is C=CC(=O)N1CCN(c2nc(OC[C@@H]3CCCN3C)nc3c2CCN(c2ccc(C4CC45CO[C@@H](COc4nc6c(c(N7CCN(C(=O)C=C)[C@@H](CC#N)C7)n4)CCN(c4cccc7ccccc47)C6)CN5C)cc2C(F)F)C3)CC1CC#N. The van der Waals surface area contributed by atoms with Gasteiger partial charge in [-0.25, -0.2) is 8.78 Å². The molecule has 8 heterocycles. The van der Waals surface area contributed by atoms with Gasteiger partial charge < -0.3 is 48.5 Å². The fraction of sp³-hybridized carbons (Fsp3) is 0.492. The maximum absolute atomic E-state index is 15.4. The van der Waals surface area contributed by atoms with Gasteiger partial charge in [0.05, 0.1) is 73.7 Å². The molecule has 5 aromatic rings. The number of anilines is 4. The van der Waals surface area contributed by atoms with E-state index in [1.807, 2.05) is 23.1 Å². The van der Waals surface area contributed by atoms with Gasteiger partial charge in [-0.3, -0.25) is 14.5 Å². The molecule has 19 nitrogen and oxygen atoms in total. The molecular weight excluding hydrogens is 1070 g/mol. The van der Waals surface area contributed by atoms with E-state index < -0.39 is 6.43 Å². The second-order valence-electron chi connectivity index (χ2n) is 23.4. The summed E-state index contributed by atoms with van der Waals surface area (Å²) in [7, 11) is 4.15. The minimum atomic E-state index is -2.73. The van der Waals surface area contributed by atoms with Crippen molar-refractivity contribution in [3.63, 3.8) is 0 Å². The highest BCUT2D eigenvalue weighted by molar-refractivity contribution is 5.94. The lowest BCUT2D eigenvalue weighted by molar-refractivity contribution is -0.129. The quantitative estimate of drug-likeness (QED) is 0.0936. The Labute approximate surface area is 489 Å². The Morgan fingerprint density at radius 2 is 1.33 bits per heavy atom. The van der Waals surface area contributed by atoms with Crippen molar-refractivity contribution in [2.24, 2.45) is 0 Å². The van der Waals surface area contributed by atoms with E-state index >= 15 is 8.78 Å². The average molecular weight is 1140 g/mol. The molecule has 3 unspecified atom stereocenters. The predicted molar refractivity (Wildman–Crippen MR) is 314 cm³/mol. The molecule has 4 saturated heterocycles. The number of hydrogen-bond donors (Lipinski definition) is 0. The first-order chi connectivity index (χ1) is 40.9. The molecule has 0 radical (unpaired) electrons. The number of hydrogen-bond acceptors (Lipinski definition) is 17.